The summed E-state index contributed by atoms with van der Waals surface area (Å²) in [7, 11) is 0. The van der Waals surface area contributed by atoms with E-state index < -0.39 is 11.9 Å². The van der Waals surface area contributed by atoms with Gasteiger partial charge in [-0.15, -0.1) is 0 Å². The van der Waals surface area contributed by atoms with Crippen LogP contribution in [0, 0.1) is 0 Å². The van der Waals surface area contributed by atoms with Crippen molar-refractivity contribution in [2.75, 3.05) is 18.5 Å². The molecule has 7 heteroatoms. The van der Waals surface area contributed by atoms with Crippen LogP contribution in [0.2, 0.25) is 0 Å². The zero-order valence-electron chi connectivity index (χ0n) is 12.3. The molecule has 1 atom stereocenters. The molecular formula is C16H16F3N3O. The van der Waals surface area contributed by atoms with Crippen molar-refractivity contribution in [3.63, 3.8) is 0 Å². The molecule has 1 aliphatic rings. The molecular weight excluding hydrogens is 307 g/mol. The molecule has 0 bridgehead atoms. The number of alkyl halides is 3. The Bertz CT molecular complexity index is 655. The molecule has 0 radical (unpaired) electrons. The van der Waals surface area contributed by atoms with Crippen molar-refractivity contribution in [3.05, 3.63) is 42.1 Å². The smallest absolute Gasteiger partial charge is 0.376 e. The summed E-state index contributed by atoms with van der Waals surface area (Å²) in [5, 5.41) is 2.86. The zero-order chi connectivity index (χ0) is 16.3. The first kappa shape index (κ1) is 15.7. The highest BCUT2D eigenvalue weighted by Gasteiger charge is 2.34. The maximum Gasteiger partial charge on any atom is 0.433 e. The Kier molecular flexibility index (Phi) is 4.47. The molecule has 0 spiro atoms. The van der Waals surface area contributed by atoms with Crippen LogP contribution in [-0.4, -0.2) is 29.2 Å². The van der Waals surface area contributed by atoms with Gasteiger partial charge in [0, 0.05) is 18.7 Å². The standard InChI is InChI=1S/C16H16F3N3O/c17-16(18,19)14-9-13(11-5-2-1-3-6-11)21-15(22-14)20-10-12-7-4-8-23-12/h1-3,5-6,9,12H,4,7-8,10H2,(H,20,21,22)/t12-/m1/s1. The third-order valence-electron chi connectivity index (χ3n) is 3.60. The van der Waals surface area contributed by atoms with Crippen LogP contribution in [0.5, 0.6) is 0 Å². The molecule has 3 rings (SSSR count). The first-order chi connectivity index (χ1) is 11.0. The first-order valence-corrected chi connectivity index (χ1v) is 7.39. The first-order valence-electron chi connectivity index (χ1n) is 7.39. The lowest BCUT2D eigenvalue weighted by molar-refractivity contribution is -0.141. The van der Waals surface area contributed by atoms with Gasteiger partial charge in [0.05, 0.1) is 11.8 Å². The highest BCUT2D eigenvalue weighted by Crippen LogP contribution is 2.31. The quantitative estimate of drug-likeness (QED) is 0.931. The average Bonchev–Trinajstić information content (AvgIpc) is 3.06. The molecule has 0 saturated carbocycles. The van der Waals surface area contributed by atoms with Gasteiger partial charge in [-0.05, 0) is 18.9 Å². The van der Waals surface area contributed by atoms with Gasteiger partial charge in [0.15, 0.2) is 5.69 Å². The molecule has 1 fully saturated rings. The molecule has 23 heavy (non-hydrogen) atoms. The van der Waals surface area contributed by atoms with Crippen LogP contribution in [-0.2, 0) is 10.9 Å². The molecule has 2 aromatic rings. The summed E-state index contributed by atoms with van der Waals surface area (Å²) in [5.74, 6) is -0.0332. The molecule has 1 aromatic heterocycles. The largest absolute Gasteiger partial charge is 0.433 e. The van der Waals surface area contributed by atoms with Crippen LogP contribution in [0.4, 0.5) is 19.1 Å². The number of nitrogens with one attached hydrogen (secondary N) is 1. The predicted octanol–water partition coefficient (Wildman–Crippen LogP) is 3.75. The zero-order valence-corrected chi connectivity index (χ0v) is 12.3. The second-order valence-corrected chi connectivity index (χ2v) is 5.34. The Morgan fingerprint density at radius 3 is 2.61 bits per heavy atom. The minimum Gasteiger partial charge on any atom is -0.376 e. The number of rotatable bonds is 4. The van der Waals surface area contributed by atoms with Crippen molar-refractivity contribution in [2.24, 2.45) is 0 Å². The van der Waals surface area contributed by atoms with Crippen LogP contribution in [0.3, 0.4) is 0 Å². The van der Waals surface area contributed by atoms with Crippen LogP contribution in [0.15, 0.2) is 36.4 Å². The predicted molar refractivity (Wildman–Crippen MR) is 79.9 cm³/mol. The van der Waals surface area contributed by atoms with Crippen LogP contribution < -0.4 is 5.32 Å². The Labute approximate surface area is 131 Å². The fourth-order valence-corrected chi connectivity index (χ4v) is 2.44. The number of benzene rings is 1. The van der Waals surface area contributed by atoms with E-state index >= 15 is 0 Å². The van der Waals surface area contributed by atoms with Gasteiger partial charge in [0.2, 0.25) is 5.95 Å². The number of hydrogen-bond acceptors (Lipinski definition) is 4. The Morgan fingerprint density at radius 2 is 1.96 bits per heavy atom. The minimum absolute atomic E-state index is 0.00619. The van der Waals surface area contributed by atoms with E-state index in [2.05, 4.69) is 15.3 Å². The summed E-state index contributed by atoms with van der Waals surface area (Å²) < 4.78 is 44.6. The molecule has 1 saturated heterocycles. The summed E-state index contributed by atoms with van der Waals surface area (Å²) in [5.41, 5.74) is -0.107. The summed E-state index contributed by atoms with van der Waals surface area (Å²) in [6.07, 6.45) is -2.68. The van der Waals surface area contributed by atoms with E-state index in [1.54, 1.807) is 30.3 Å². The minimum atomic E-state index is -4.52. The fraction of sp³-hybridized carbons (Fsp3) is 0.375. The van der Waals surface area contributed by atoms with E-state index in [1.807, 2.05) is 0 Å². The van der Waals surface area contributed by atoms with Crippen molar-refractivity contribution in [3.8, 4) is 11.3 Å². The number of nitrogens with zero attached hydrogens (tertiary/aromatic N) is 2. The van der Waals surface area contributed by atoms with Crippen molar-refractivity contribution in [1.29, 1.82) is 0 Å². The molecule has 1 aliphatic heterocycles. The van der Waals surface area contributed by atoms with Gasteiger partial charge in [-0.2, -0.15) is 13.2 Å². The van der Waals surface area contributed by atoms with E-state index in [4.69, 9.17) is 4.74 Å². The van der Waals surface area contributed by atoms with Gasteiger partial charge in [-0.25, -0.2) is 9.97 Å². The van der Waals surface area contributed by atoms with E-state index in [1.165, 1.54) is 0 Å². The number of ether oxygens (including phenoxy) is 1. The van der Waals surface area contributed by atoms with Crippen LogP contribution in [0.25, 0.3) is 11.3 Å². The SMILES string of the molecule is FC(F)(F)c1cc(-c2ccccc2)nc(NC[C@H]2CCCO2)n1. The van der Waals surface area contributed by atoms with Crippen LogP contribution in [0.1, 0.15) is 18.5 Å². The van der Waals surface area contributed by atoms with Crippen molar-refractivity contribution >= 4 is 5.95 Å². The molecule has 122 valence electrons. The van der Waals surface area contributed by atoms with Gasteiger partial charge >= 0.3 is 6.18 Å². The van der Waals surface area contributed by atoms with E-state index in [9.17, 15) is 13.2 Å². The van der Waals surface area contributed by atoms with Crippen molar-refractivity contribution in [1.82, 2.24) is 9.97 Å². The van der Waals surface area contributed by atoms with Gasteiger partial charge in [-0.3, -0.25) is 0 Å². The lowest BCUT2D eigenvalue weighted by Crippen LogP contribution is -2.21. The Balaban J connectivity index is 1.88. The lowest BCUT2D eigenvalue weighted by Gasteiger charge is -2.14. The van der Waals surface area contributed by atoms with E-state index in [0.29, 0.717) is 18.7 Å². The molecule has 0 unspecified atom stereocenters. The monoisotopic (exact) mass is 323 g/mol. The Morgan fingerprint density at radius 1 is 1.17 bits per heavy atom. The van der Waals surface area contributed by atoms with Crippen LogP contribution >= 0.6 is 0 Å². The summed E-state index contributed by atoms with van der Waals surface area (Å²) >= 11 is 0. The summed E-state index contributed by atoms with van der Waals surface area (Å²) in [4.78, 5) is 7.79. The molecule has 0 amide bonds. The van der Waals surface area contributed by atoms with E-state index in [-0.39, 0.29) is 17.7 Å². The topological polar surface area (TPSA) is 47.0 Å². The Hall–Kier alpha value is -2.15. The fourth-order valence-electron chi connectivity index (χ4n) is 2.44. The normalized spacial score (nSPS) is 18.1. The van der Waals surface area contributed by atoms with Gasteiger partial charge in [-0.1, -0.05) is 30.3 Å². The summed E-state index contributed by atoms with van der Waals surface area (Å²) in [6.45, 7) is 1.08. The van der Waals surface area contributed by atoms with Crippen molar-refractivity contribution < 1.29 is 17.9 Å². The highest BCUT2D eigenvalue weighted by atomic mass is 19.4. The summed E-state index contributed by atoms with van der Waals surface area (Å²) in [6, 6.07) is 9.70. The van der Waals surface area contributed by atoms with Gasteiger partial charge in [0.25, 0.3) is 0 Å². The van der Waals surface area contributed by atoms with E-state index in [0.717, 1.165) is 18.9 Å². The average molecular weight is 323 g/mol. The third-order valence-corrected chi connectivity index (χ3v) is 3.60. The lowest BCUT2D eigenvalue weighted by atomic mass is 10.1. The molecule has 1 aromatic carbocycles. The molecule has 1 N–H and O–H groups in total. The third kappa shape index (κ3) is 3.98. The second kappa shape index (κ2) is 6.54. The van der Waals surface area contributed by atoms with Crippen molar-refractivity contribution in [2.45, 2.75) is 25.1 Å². The number of aromatic nitrogens is 2. The number of halogens is 3. The maximum atomic E-state index is 13.1. The highest BCUT2D eigenvalue weighted by molar-refractivity contribution is 5.60. The van der Waals surface area contributed by atoms with Gasteiger partial charge in [0.1, 0.15) is 0 Å². The molecule has 4 nitrogen and oxygen atoms in total. The number of hydrogen-bond donors (Lipinski definition) is 1. The molecule has 2 heterocycles. The molecule has 0 aliphatic carbocycles. The maximum absolute atomic E-state index is 13.1. The number of anilines is 1. The van der Waals surface area contributed by atoms with Gasteiger partial charge < -0.3 is 10.1 Å². The second-order valence-electron chi connectivity index (χ2n) is 5.34.